The summed E-state index contributed by atoms with van der Waals surface area (Å²) in [6.07, 6.45) is 12.3. The second-order valence-corrected chi connectivity index (χ2v) is 6.42. The summed E-state index contributed by atoms with van der Waals surface area (Å²) in [5.41, 5.74) is 4.15. The molecule has 0 radical (unpaired) electrons. The Hall–Kier alpha value is -0.640. The van der Waals surface area contributed by atoms with Gasteiger partial charge in [-0.3, -0.25) is 16.3 Å². The fourth-order valence-corrected chi connectivity index (χ4v) is 3.65. The minimum absolute atomic E-state index is 0.317. The Balaban J connectivity index is 1.91. The second-order valence-electron chi connectivity index (χ2n) is 6.01. The summed E-state index contributed by atoms with van der Waals surface area (Å²) in [5.74, 6) is 7.38. The standard InChI is InChI=1S/C16H26ClN3/c1-2-3-12-4-6-13(7-5-12)16(20-18)10-14-8-9-19-11-15(14)17/h8-9,11-13,16,20H,2-7,10,18H2,1H3. The van der Waals surface area contributed by atoms with E-state index in [4.69, 9.17) is 17.4 Å². The van der Waals surface area contributed by atoms with Crippen LogP contribution in [0.15, 0.2) is 18.5 Å². The third kappa shape index (κ3) is 4.18. The molecule has 2 rings (SSSR count). The van der Waals surface area contributed by atoms with Crippen molar-refractivity contribution in [2.24, 2.45) is 17.7 Å². The molecule has 1 unspecified atom stereocenters. The van der Waals surface area contributed by atoms with Gasteiger partial charge < -0.3 is 0 Å². The molecular formula is C16H26ClN3. The van der Waals surface area contributed by atoms with Crippen LogP contribution in [0.5, 0.6) is 0 Å². The zero-order chi connectivity index (χ0) is 14.4. The Morgan fingerprint density at radius 1 is 1.40 bits per heavy atom. The highest BCUT2D eigenvalue weighted by Crippen LogP contribution is 2.34. The normalized spacial score (nSPS) is 24.6. The third-order valence-electron chi connectivity index (χ3n) is 4.67. The molecule has 0 saturated heterocycles. The van der Waals surface area contributed by atoms with Crippen molar-refractivity contribution in [3.63, 3.8) is 0 Å². The van der Waals surface area contributed by atoms with Crippen molar-refractivity contribution in [1.29, 1.82) is 0 Å². The lowest BCUT2D eigenvalue weighted by Crippen LogP contribution is -2.43. The molecule has 3 nitrogen and oxygen atoms in total. The number of nitrogens with zero attached hydrogens (tertiary/aromatic N) is 1. The number of nitrogens with two attached hydrogens (primary N) is 1. The average Bonchev–Trinajstić information content (AvgIpc) is 2.48. The van der Waals surface area contributed by atoms with Gasteiger partial charge in [0.2, 0.25) is 0 Å². The van der Waals surface area contributed by atoms with Gasteiger partial charge in [0.25, 0.3) is 0 Å². The van der Waals surface area contributed by atoms with Gasteiger partial charge >= 0.3 is 0 Å². The summed E-state index contributed by atoms with van der Waals surface area (Å²) in [4.78, 5) is 4.04. The van der Waals surface area contributed by atoms with Crippen molar-refractivity contribution < 1.29 is 0 Å². The number of hydrogen-bond donors (Lipinski definition) is 2. The van der Waals surface area contributed by atoms with Gasteiger partial charge in [0.15, 0.2) is 0 Å². The molecule has 3 N–H and O–H groups in total. The summed E-state index contributed by atoms with van der Waals surface area (Å²) in [5, 5.41) is 0.743. The second kappa shape index (κ2) is 7.96. The number of rotatable bonds is 6. The Labute approximate surface area is 127 Å². The summed E-state index contributed by atoms with van der Waals surface area (Å²) in [7, 11) is 0. The van der Waals surface area contributed by atoms with E-state index in [1.807, 2.05) is 6.07 Å². The molecule has 112 valence electrons. The van der Waals surface area contributed by atoms with Crippen LogP contribution in [0.1, 0.15) is 51.0 Å². The van der Waals surface area contributed by atoms with Crippen LogP contribution in [0.25, 0.3) is 0 Å². The monoisotopic (exact) mass is 295 g/mol. The minimum Gasteiger partial charge on any atom is -0.271 e. The molecule has 0 aromatic carbocycles. The first-order valence-electron chi connectivity index (χ1n) is 7.79. The van der Waals surface area contributed by atoms with E-state index in [0.29, 0.717) is 12.0 Å². The van der Waals surface area contributed by atoms with Crippen LogP contribution in [0, 0.1) is 11.8 Å². The molecule has 1 aliphatic rings. The van der Waals surface area contributed by atoms with Gasteiger partial charge in [-0.1, -0.05) is 44.2 Å². The van der Waals surface area contributed by atoms with Crippen LogP contribution < -0.4 is 11.3 Å². The Morgan fingerprint density at radius 2 is 2.15 bits per heavy atom. The molecule has 0 aliphatic heterocycles. The Kier molecular flexibility index (Phi) is 6.27. The lowest BCUT2D eigenvalue weighted by molar-refractivity contribution is 0.213. The van der Waals surface area contributed by atoms with Crippen molar-refractivity contribution in [2.75, 3.05) is 0 Å². The number of aromatic nitrogens is 1. The zero-order valence-corrected chi connectivity index (χ0v) is 13.1. The van der Waals surface area contributed by atoms with Gasteiger partial charge in [-0.15, -0.1) is 0 Å². The van der Waals surface area contributed by atoms with Crippen LogP contribution in [0.2, 0.25) is 5.02 Å². The van der Waals surface area contributed by atoms with Gasteiger partial charge in [-0.2, -0.15) is 0 Å². The Morgan fingerprint density at radius 3 is 2.75 bits per heavy atom. The van der Waals surface area contributed by atoms with Crippen LogP contribution >= 0.6 is 11.6 Å². The van der Waals surface area contributed by atoms with Crippen LogP contribution in [0.4, 0.5) is 0 Å². The fraction of sp³-hybridized carbons (Fsp3) is 0.688. The van der Waals surface area contributed by atoms with Gasteiger partial charge in [0, 0.05) is 18.4 Å². The van der Waals surface area contributed by atoms with E-state index in [2.05, 4.69) is 17.3 Å². The van der Waals surface area contributed by atoms with Crippen molar-refractivity contribution in [3.8, 4) is 0 Å². The van der Waals surface area contributed by atoms with E-state index in [-0.39, 0.29) is 0 Å². The number of pyridine rings is 1. The summed E-state index contributed by atoms with van der Waals surface area (Å²) in [6.45, 7) is 2.28. The van der Waals surface area contributed by atoms with Crippen molar-refractivity contribution >= 4 is 11.6 Å². The first-order chi connectivity index (χ1) is 9.74. The predicted octanol–water partition coefficient (Wildman–Crippen LogP) is 3.72. The maximum atomic E-state index is 6.20. The highest BCUT2D eigenvalue weighted by atomic mass is 35.5. The summed E-state index contributed by atoms with van der Waals surface area (Å²) >= 11 is 6.20. The SMILES string of the molecule is CCCC1CCC(C(Cc2ccncc2Cl)NN)CC1. The highest BCUT2D eigenvalue weighted by molar-refractivity contribution is 6.31. The Bertz CT molecular complexity index is 402. The van der Waals surface area contributed by atoms with Crippen LogP contribution in [0.3, 0.4) is 0 Å². The van der Waals surface area contributed by atoms with E-state index < -0.39 is 0 Å². The molecule has 1 aromatic rings. The minimum atomic E-state index is 0.317. The van der Waals surface area contributed by atoms with Crippen LogP contribution in [-0.2, 0) is 6.42 Å². The van der Waals surface area contributed by atoms with E-state index in [1.165, 1.54) is 38.5 Å². The van der Waals surface area contributed by atoms with E-state index in [0.717, 1.165) is 22.9 Å². The van der Waals surface area contributed by atoms with Gasteiger partial charge in [0.05, 0.1) is 5.02 Å². The molecule has 1 saturated carbocycles. The first-order valence-corrected chi connectivity index (χ1v) is 8.16. The summed E-state index contributed by atoms with van der Waals surface area (Å²) < 4.78 is 0. The number of halogens is 1. The number of hydrogen-bond acceptors (Lipinski definition) is 3. The molecule has 0 bridgehead atoms. The topological polar surface area (TPSA) is 50.9 Å². The number of hydrazine groups is 1. The molecule has 20 heavy (non-hydrogen) atoms. The zero-order valence-electron chi connectivity index (χ0n) is 12.3. The molecule has 1 fully saturated rings. The van der Waals surface area contributed by atoms with Crippen molar-refractivity contribution in [1.82, 2.24) is 10.4 Å². The fourth-order valence-electron chi connectivity index (χ4n) is 3.46. The quantitative estimate of drug-likeness (QED) is 0.621. The van der Waals surface area contributed by atoms with E-state index >= 15 is 0 Å². The van der Waals surface area contributed by atoms with E-state index in [1.54, 1.807) is 12.4 Å². The molecule has 0 spiro atoms. The lowest BCUT2D eigenvalue weighted by Gasteiger charge is -2.33. The molecule has 1 heterocycles. The smallest absolute Gasteiger partial charge is 0.0621 e. The molecular weight excluding hydrogens is 270 g/mol. The van der Waals surface area contributed by atoms with E-state index in [9.17, 15) is 0 Å². The lowest BCUT2D eigenvalue weighted by atomic mass is 9.76. The molecule has 1 atom stereocenters. The van der Waals surface area contributed by atoms with Gasteiger partial charge in [-0.05, 0) is 42.7 Å². The van der Waals surface area contributed by atoms with Gasteiger partial charge in [-0.25, -0.2) is 0 Å². The van der Waals surface area contributed by atoms with Gasteiger partial charge in [0.1, 0.15) is 0 Å². The average molecular weight is 296 g/mol. The maximum Gasteiger partial charge on any atom is 0.0621 e. The molecule has 0 amide bonds. The maximum absolute atomic E-state index is 6.20. The van der Waals surface area contributed by atoms with Crippen molar-refractivity contribution in [3.05, 3.63) is 29.0 Å². The van der Waals surface area contributed by atoms with Crippen molar-refractivity contribution in [2.45, 2.75) is 57.9 Å². The molecule has 4 heteroatoms. The summed E-state index contributed by atoms with van der Waals surface area (Å²) in [6, 6.07) is 2.31. The third-order valence-corrected chi connectivity index (χ3v) is 5.01. The predicted molar refractivity (Wildman–Crippen MR) is 84.4 cm³/mol. The first kappa shape index (κ1) is 15.7. The molecule has 1 aromatic heterocycles. The largest absolute Gasteiger partial charge is 0.271 e. The molecule has 1 aliphatic carbocycles. The highest BCUT2D eigenvalue weighted by Gasteiger charge is 2.27. The number of nitrogens with one attached hydrogen (secondary N) is 1. The van der Waals surface area contributed by atoms with Crippen LogP contribution in [-0.4, -0.2) is 11.0 Å².